The number of methoxy groups -OCH3 is 1. The van der Waals surface area contributed by atoms with E-state index < -0.39 is 0 Å². The molecule has 0 radical (unpaired) electrons. The van der Waals surface area contributed by atoms with Crippen LogP contribution in [0.5, 0.6) is 5.75 Å². The molecule has 0 bridgehead atoms. The molecule has 1 aromatic carbocycles. The summed E-state index contributed by atoms with van der Waals surface area (Å²) in [6.45, 7) is 5.29. The van der Waals surface area contributed by atoms with Crippen molar-refractivity contribution in [2.45, 2.75) is 25.8 Å². The van der Waals surface area contributed by atoms with E-state index in [9.17, 15) is 0 Å². The zero-order valence-corrected chi connectivity index (χ0v) is 11.8. The molecular weight excluding hydrogens is 248 g/mol. The van der Waals surface area contributed by atoms with Gasteiger partial charge in [-0.05, 0) is 56.1 Å². The quantitative estimate of drug-likeness (QED) is 0.913. The molecule has 1 heterocycles. The third kappa shape index (κ3) is 2.97. The lowest BCUT2D eigenvalue weighted by Crippen LogP contribution is -2.30. The predicted molar refractivity (Wildman–Crippen MR) is 75.3 cm³/mol. The summed E-state index contributed by atoms with van der Waals surface area (Å²) < 4.78 is 5.21. The number of aryl methyl sites for hydroxylation is 1. The van der Waals surface area contributed by atoms with Crippen LogP contribution in [0.2, 0.25) is 5.02 Å². The minimum Gasteiger partial charge on any atom is -0.495 e. The molecule has 0 aromatic heterocycles. The van der Waals surface area contributed by atoms with Gasteiger partial charge in [0.1, 0.15) is 5.75 Å². The highest BCUT2D eigenvalue weighted by Gasteiger charge is 2.18. The van der Waals surface area contributed by atoms with Crippen LogP contribution in [-0.4, -0.2) is 31.6 Å². The van der Waals surface area contributed by atoms with E-state index in [2.05, 4.69) is 11.8 Å². The molecule has 100 valence electrons. The Bertz CT molecular complexity index is 417. The van der Waals surface area contributed by atoms with Crippen LogP contribution in [0.25, 0.3) is 0 Å². The zero-order valence-electron chi connectivity index (χ0n) is 11.1. The van der Waals surface area contributed by atoms with E-state index in [1.165, 1.54) is 12.8 Å². The third-order valence-corrected chi connectivity index (χ3v) is 3.89. The Morgan fingerprint density at radius 1 is 1.39 bits per heavy atom. The molecule has 0 aliphatic carbocycles. The van der Waals surface area contributed by atoms with Crippen LogP contribution in [0, 0.1) is 6.92 Å². The van der Waals surface area contributed by atoms with Gasteiger partial charge in [0.15, 0.2) is 0 Å². The molecule has 3 nitrogen and oxygen atoms in total. The van der Waals surface area contributed by atoms with Gasteiger partial charge in [-0.3, -0.25) is 0 Å². The van der Waals surface area contributed by atoms with Crippen LogP contribution in [0.1, 0.15) is 30.0 Å². The Morgan fingerprint density at radius 2 is 2.06 bits per heavy atom. The zero-order chi connectivity index (χ0) is 13.1. The fraction of sp³-hybridized carbons (Fsp3) is 0.571. The van der Waals surface area contributed by atoms with Crippen molar-refractivity contribution in [2.24, 2.45) is 5.73 Å². The van der Waals surface area contributed by atoms with E-state index in [0.717, 1.165) is 30.8 Å². The van der Waals surface area contributed by atoms with Gasteiger partial charge < -0.3 is 15.4 Å². The second kappa shape index (κ2) is 5.91. The molecule has 1 fully saturated rings. The Kier molecular flexibility index (Phi) is 4.49. The molecule has 2 rings (SSSR count). The van der Waals surface area contributed by atoms with Crippen molar-refractivity contribution in [1.82, 2.24) is 4.90 Å². The van der Waals surface area contributed by atoms with Crippen LogP contribution in [0.4, 0.5) is 0 Å². The van der Waals surface area contributed by atoms with Gasteiger partial charge in [-0.25, -0.2) is 0 Å². The van der Waals surface area contributed by atoms with Gasteiger partial charge >= 0.3 is 0 Å². The van der Waals surface area contributed by atoms with E-state index in [4.69, 9.17) is 22.1 Å². The number of hydrogen-bond acceptors (Lipinski definition) is 3. The molecule has 1 atom stereocenters. The average Bonchev–Trinajstić information content (AvgIpc) is 2.84. The van der Waals surface area contributed by atoms with Crippen molar-refractivity contribution in [3.63, 3.8) is 0 Å². The molecule has 0 saturated carbocycles. The number of rotatable bonds is 4. The smallest absolute Gasteiger partial charge is 0.137 e. The summed E-state index contributed by atoms with van der Waals surface area (Å²) in [5, 5.41) is 0.634. The molecule has 18 heavy (non-hydrogen) atoms. The number of hydrogen-bond donors (Lipinski definition) is 1. The molecule has 0 spiro atoms. The monoisotopic (exact) mass is 268 g/mol. The number of likely N-dealkylation sites (tertiary alicyclic amines) is 1. The molecule has 1 saturated heterocycles. The molecular formula is C14H21ClN2O. The van der Waals surface area contributed by atoms with E-state index in [-0.39, 0.29) is 6.04 Å². The van der Waals surface area contributed by atoms with Crippen molar-refractivity contribution in [3.8, 4) is 5.75 Å². The summed E-state index contributed by atoms with van der Waals surface area (Å²) in [6, 6.07) is 3.92. The van der Waals surface area contributed by atoms with Crippen molar-refractivity contribution >= 4 is 11.6 Å². The summed E-state index contributed by atoms with van der Waals surface area (Å²) in [5.41, 5.74) is 8.55. The first kappa shape index (κ1) is 13.7. The molecule has 1 aliphatic rings. The lowest BCUT2D eigenvalue weighted by atomic mass is 10.0. The van der Waals surface area contributed by atoms with E-state index in [1.807, 2.05) is 12.1 Å². The normalized spacial score (nSPS) is 18.0. The van der Waals surface area contributed by atoms with Crippen LogP contribution in [0.15, 0.2) is 12.1 Å². The fourth-order valence-electron chi connectivity index (χ4n) is 2.57. The average molecular weight is 269 g/mol. The van der Waals surface area contributed by atoms with Crippen LogP contribution < -0.4 is 10.5 Å². The van der Waals surface area contributed by atoms with Crippen molar-refractivity contribution in [2.75, 3.05) is 26.7 Å². The number of ether oxygens (including phenoxy) is 1. The van der Waals surface area contributed by atoms with E-state index in [1.54, 1.807) is 7.11 Å². The van der Waals surface area contributed by atoms with Gasteiger partial charge in [0.25, 0.3) is 0 Å². The maximum atomic E-state index is 6.29. The molecule has 1 aromatic rings. The van der Waals surface area contributed by atoms with Gasteiger partial charge in [-0.1, -0.05) is 11.6 Å². The predicted octanol–water partition coefficient (Wildman–Crippen LogP) is 2.75. The van der Waals surface area contributed by atoms with Gasteiger partial charge in [0, 0.05) is 12.6 Å². The van der Waals surface area contributed by atoms with Crippen molar-refractivity contribution < 1.29 is 4.74 Å². The summed E-state index contributed by atoms with van der Waals surface area (Å²) in [5.74, 6) is 0.714. The first-order chi connectivity index (χ1) is 8.61. The van der Waals surface area contributed by atoms with E-state index >= 15 is 0 Å². The van der Waals surface area contributed by atoms with Crippen LogP contribution >= 0.6 is 11.6 Å². The maximum Gasteiger partial charge on any atom is 0.137 e. The second-order valence-electron chi connectivity index (χ2n) is 4.96. The summed E-state index contributed by atoms with van der Waals surface area (Å²) in [7, 11) is 1.63. The minimum absolute atomic E-state index is 0.0199. The number of nitrogens with two attached hydrogens (primary N) is 1. The molecule has 4 heteroatoms. The van der Waals surface area contributed by atoms with Gasteiger partial charge in [-0.2, -0.15) is 0 Å². The molecule has 1 aliphatic heterocycles. The first-order valence-corrected chi connectivity index (χ1v) is 6.81. The lowest BCUT2D eigenvalue weighted by Gasteiger charge is -2.22. The minimum atomic E-state index is 0.0199. The summed E-state index contributed by atoms with van der Waals surface area (Å²) in [4.78, 5) is 2.42. The Labute approximate surface area is 114 Å². The lowest BCUT2D eigenvalue weighted by molar-refractivity contribution is 0.315. The van der Waals surface area contributed by atoms with Crippen molar-refractivity contribution in [1.29, 1.82) is 0 Å². The second-order valence-corrected chi connectivity index (χ2v) is 5.36. The number of benzene rings is 1. The Balaban J connectivity index is 2.13. The highest BCUT2D eigenvalue weighted by molar-refractivity contribution is 6.32. The van der Waals surface area contributed by atoms with Crippen molar-refractivity contribution in [3.05, 3.63) is 28.3 Å². The first-order valence-electron chi connectivity index (χ1n) is 6.43. The Morgan fingerprint density at radius 3 is 2.67 bits per heavy atom. The van der Waals surface area contributed by atoms with Gasteiger partial charge in [-0.15, -0.1) is 0 Å². The van der Waals surface area contributed by atoms with Gasteiger partial charge in [0.05, 0.1) is 12.1 Å². The summed E-state index contributed by atoms with van der Waals surface area (Å²) >= 11 is 6.17. The maximum absolute atomic E-state index is 6.29. The fourth-order valence-corrected chi connectivity index (χ4v) is 2.82. The number of nitrogens with zero attached hydrogens (tertiary/aromatic N) is 1. The van der Waals surface area contributed by atoms with E-state index in [0.29, 0.717) is 10.8 Å². The van der Waals surface area contributed by atoms with Crippen LogP contribution in [0.3, 0.4) is 0 Å². The molecule has 1 unspecified atom stereocenters. The number of halogens is 1. The highest BCUT2D eigenvalue weighted by Crippen LogP contribution is 2.30. The molecule has 2 N–H and O–H groups in total. The standard InChI is InChI=1S/C14H21ClN2O/c1-10-7-14(18-2)12(15)8-11(10)13(16)9-17-5-3-4-6-17/h7-8,13H,3-6,9,16H2,1-2H3. The van der Waals surface area contributed by atoms with Crippen LogP contribution in [-0.2, 0) is 0 Å². The summed E-state index contributed by atoms with van der Waals surface area (Å²) in [6.07, 6.45) is 2.57. The topological polar surface area (TPSA) is 38.5 Å². The molecule has 0 amide bonds. The third-order valence-electron chi connectivity index (χ3n) is 3.59. The largest absolute Gasteiger partial charge is 0.495 e. The highest BCUT2D eigenvalue weighted by atomic mass is 35.5. The Hall–Kier alpha value is -0.770. The van der Waals surface area contributed by atoms with Gasteiger partial charge in [0.2, 0.25) is 0 Å². The SMILES string of the molecule is COc1cc(C)c(C(N)CN2CCCC2)cc1Cl.